The van der Waals surface area contributed by atoms with Crippen molar-refractivity contribution >= 4 is 11.0 Å². The molecular formula is C21H30N2O3. The third-order valence-corrected chi connectivity index (χ3v) is 5.50. The molecule has 5 nitrogen and oxygen atoms in total. The number of rotatable bonds is 6. The zero-order valence-electron chi connectivity index (χ0n) is 16.4. The quantitative estimate of drug-likeness (QED) is 0.743. The van der Waals surface area contributed by atoms with Gasteiger partial charge in [-0.2, -0.15) is 0 Å². The van der Waals surface area contributed by atoms with E-state index in [1.54, 1.807) is 6.07 Å². The number of benzene rings is 1. The Balaban J connectivity index is 1.79. The molecule has 2 aromatic rings. The summed E-state index contributed by atoms with van der Waals surface area (Å²) in [5.41, 5.74) is 2.67. The first-order valence-electron chi connectivity index (χ1n) is 9.42. The molecule has 1 aromatic carbocycles. The van der Waals surface area contributed by atoms with Crippen LogP contribution in [0.15, 0.2) is 33.5 Å². The van der Waals surface area contributed by atoms with Crippen LogP contribution in [0.3, 0.4) is 0 Å². The maximum absolute atomic E-state index is 12.0. The highest BCUT2D eigenvalue weighted by Gasteiger charge is 2.35. The molecule has 0 bridgehead atoms. The Morgan fingerprint density at radius 3 is 2.58 bits per heavy atom. The molecule has 1 fully saturated rings. The smallest absolute Gasteiger partial charge is 0.336 e. The van der Waals surface area contributed by atoms with Crippen LogP contribution in [0.1, 0.15) is 30.9 Å². The van der Waals surface area contributed by atoms with Crippen molar-refractivity contribution in [3.8, 4) is 0 Å². The molecule has 3 rings (SSSR count). The van der Waals surface area contributed by atoms with Gasteiger partial charge >= 0.3 is 5.63 Å². The molecule has 142 valence electrons. The number of methoxy groups -OCH3 is 1. The van der Waals surface area contributed by atoms with Crippen molar-refractivity contribution in [3.63, 3.8) is 0 Å². The van der Waals surface area contributed by atoms with Gasteiger partial charge < -0.3 is 14.1 Å². The van der Waals surface area contributed by atoms with Crippen molar-refractivity contribution in [3.05, 3.63) is 45.8 Å². The lowest BCUT2D eigenvalue weighted by molar-refractivity contribution is -0.0712. The van der Waals surface area contributed by atoms with Gasteiger partial charge in [0.15, 0.2) is 0 Å². The number of likely N-dealkylation sites (tertiary alicyclic amines) is 1. The van der Waals surface area contributed by atoms with Crippen LogP contribution >= 0.6 is 0 Å². The molecule has 5 heteroatoms. The highest BCUT2D eigenvalue weighted by molar-refractivity contribution is 5.80. The van der Waals surface area contributed by atoms with E-state index >= 15 is 0 Å². The molecule has 0 N–H and O–H groups in total. The number of hydrogen-bond acceptors (Lipinski definition) is 5. The van der Waals surface area contributed by atoms with Crippen molar-refractivity contribution in [2.45, 2.75) is 38.3 Å². The van der Waals surface area contributed by atoms with Gasteiger partial charge in [0.2, 0.25) is 0 Å². The van der Waals surface area contributed by atoms with Gasteiger partial charge in [-0.1, -0.05) is 13.0 Å². The summed E-state index contributed by atoms with van der Waals surface area (Å²) in [6.45, 7) is 5.79. The van der Waals surface area contributed by atoms with Crippen LogP contribution in [0.5, 0.6) is 0 Å². The van der Waals surface area contributed by atoms with Gasteiger partial charge in [-0.25, -0.2) is 4.79 Å². The van der Waals surface area contributed by atoms with Gasteiger partial charge in [-0.15, -0.1) is 0 Å². The fourth-order valence-corrected chi connectivity index (χ4v) is 3.99. The van der Waals surface area contributed by atoms with Gasteiger partial charge in [0.05, 0.1) is 5.60 Å². The Labute approximate surface area is 155 Å². The number of ether oxygens (including phenoxy) is 1. The zero-order chi connectivity index (χ0) is 18.7. The molecule has 0 saturated carbocycles. The first-order valence-corrected chi connectivity index (χ1v) is 9.42. The van der Waals surface area contributed by atoms with Crippen LogP contribution in [0.4, 0.5) is 0 Å². The second-order valence-corrected chi connectivity index (χ2v) is 7.68. The first kappa shape index (κ1) is 19.1. The first-order chi connectivity index (χ1) is 12.4. The van der Waals surface area contributed by atoms with E-state index in [1.165, 1.54) is 5.56 Å². The molecule has 1 aromatic heterocycles. The highest BCUT2D eigenvalue weighted by atomic mass is 16.5. The molecule has 0 spiro atoms. The Kier molecular flexibility index (Phi) is 5.80. The standard InChI is InChI=1S/C21H30N2O3/c1-5-16-6-7-19-18(12-16)17(13-20(24)26-19)14-23-10-8-21(25-4,9-11-23)15-22(2)3/h6-7,12-13H,5,8-11,14-15H2,1-4H3. The maximum atomic E-state index is 12.0. The van der Waals surface area contributed by atoms with E-state index in [2.05, 4.69) is 36.9 Å². The van der Waals surface area contributed by atoms with E-state index < -0.39 is 0 Å². The molecule has 2 heterocycles. The van der Waals surface area contributed by atoms with Gasteiger partial charge in [-0.3, -0.25) is 4.90 Å². The molecular weight excluding hydrogens is 328 g/mol. The van der Waals surface area contributed by atoms with Gasteiger partial charge in [-0.05, 0) is 56.6 Å². The average molecular weight is 358 g/mol. The maximum Gasteiger partial charge on any atom is 0.336 e. The summed E-state index contributed by atoms with van der Waals surface area (Å²) in [6, 6.07) is 7.76. The van der Waals surface area contributed by atoms with E-state index in [9.17, 15) is 4.79 Å². The van der Waals surface area contributed by atoms with Crippen molar-refractivity contribution < 1.29 is 9.15 Å². The molecule has 0 aliphatic carbocycles. The minimum absolute atomic E-state index is 0.0623. The normalized spacial score (nSPS) is 17.9. The zero-order valence-corrected chi connectivity index (χ0v) is 16.4. The summed E-state index contributed by atoms with van der Waals surface area (Å²) >= 11 is 0. The molecule has 26 heavy (non-hydrogen) atoms. The number of aryl methyl sites for hydroxylation is 1. The van der Waals surface area contributed by atoms with E-state index in [4.69, 9.17) is 9.15 Å². The summed E-state index contributed by atoms with van der Waals surface area (Å²) in [5.74, 6) is 0. The van der Waals surface area contributed by atoms with Crippen LogP contribution in [0.25, 0.3) is 11.0 Å². The average Bonchev–Trinajstić information content (AvgIpc) is 2.62. The van der Waals surface area contributed by atoms with Crippen molar-refractivity contribution in [2.24, 2.45) is 0 Å². The highest BCUT2D eigenvalue weighted by Crippen LogP contribution is 2.28. The second kappa shape index (κ2) is 7.91. The Morgan fingerprint density at radius 2 is 1.96 bits per heavy atom. The minimum Gasteiger partial charge on any atom is -0.423 e. The van der Waals surface area contributed by atoms with Crippen LogP contribution < -0.4 is 5.63 Å². The number of hydrogen-bond donors (Lipinski definition) is 0. The van der Waals surface area contributed by atoms with Gasteiger partial charge in [0.25, 0.3) is 0 Å². The van der Waals surface area contributed by atoms with Crippen molar-refractivity contribution in [1.82, 2.24) is 9.80 Å². The molecule has 1 aliphatic rings. The predicted molar refractivity (Wildman–Crippen MR) is 105 cm³/mol. The lowest BCUT2D eigenvalue weighted by Crippen LogP contribution is -2.50. The topological polar surface area (TPSA) is 45.9 Å². The molecule has 0 atom stereocenters. The third kappa shape index (κ3) is 4.17. The van der Waals surface area contributed by atoms with Crippen LogP contribution in [-0.2, 0) is 17.7 Å². The Hall–Kier alpha value is -1.69. The molecule has 0 amide bonds. The molecule has 0 unspecified atom stereocenters. The summed E-state index contributed by atoms with van der Waals surface area (Å²) in [4.78, 5) is 16.6. The van der Waals surface area contributed by atoms with E-state index in [0.29, 0.717) is 5.58 Å². The summed E-state index contributed by atoms with van der Waals surface area (Å²) in [7, 11) is 6.00. The molecule has 1 aliphatic heterocycles. The monoisotopic (exact) mass is 358 g/mol. The minimum atomic E-state index is -0.271. The number of fused-ring (bicyclic) bond motifs is 1. The number of piperidine rings is 1. The van der Waals surface area contributed by atoms with Crippen LogP contribution in [0.2, 0.25) is 0 Å². The fraction of sp³-hybridized carbons (Fsp3) is 0.571. The van der Waals surface area contributed by atoms with Gasteiger partial charge in [0, 0.05) is 44.7 Å². The lowest BCUT2D eigenvalue weighted by atomic mass is 9.90. The Morgan fingerprint density at radius 1 is 1.23 bits per heavy atom. The third-order valence-electron chi connectivity index (χ3n) is 5.50. The lowest BCUT2D eigenvalue weighted by Gasteiger charge is -2.42. The Bertz CT molecular complexity index is 804. The summed E-state index contributed by atoms with van der Waals surface area (Å²) < 4.78 is 11.3. The SMILES string of the molecule is CCc1ccc2oc(=O)cc(CN3CCC(CN(C)C)(OC)CC3)c2c1. The molecule has 0 radical (unpaired) electrons. The number of nitrogens with zero attached hydrogens (tertiary/aromatic N) is 2. The van der Waals surface area contributed by atoms with Crippen molar-refractivity contribution in [2.75, 3.05) is 40.8 Å². The fourth-order valence-electron chi connectivity index (χ4n) is 3.99. The van der Waals surface area contributed by atoms with Gasteiger partial charge in [0.1, 0.15) is 5.58 Å². The van der Waals surface area contributed by atoms with Crippen LogP contribution in [0, 0.1) is 0 Å². The van der Waals surface area contributed by atoms with Crippen LogP contribution in [-0.4, -0.2) is 56.2 Å². The van der Waals surface area contributed by atoms with E-state index in [1.807, 2.05) is 19.2 Å². The van der Waals surface area contributed by atoms with Crippen molar-refractivity contribution in [1.29, 1.82) is 0 Å². The summed E-state index contributed by atoms with van der Waals surface area (Å²) in [6.07, 6.45) is 2.97. The predicted octanol–water partition coefficient (Wildman–Crippen LogP) is 2.90. The van der Waals surface area contributed by atoms with E-state index in [-0.39, 0.29) is 11.2 Å². The van der Waals surface area contributed by atoms with E-state index in [0.717, 1.165) is 56.4 Å². The largest absolute Gasteiger partial charge is 0.423 e. The molecule has 1 saturated heterocycles. The second-order valence-electron chi connectivity index (χ2n) is 7.68. The number of likely N-dealkylation sites (N-methyl/N-ethyl adjacent to an activating group) is 1. The summed E-state index contributed by atoms with van der Waals surface area (Å²) in [5, 5.41) is 1.06.